The maximum atomic E-state index is 13.3. The molecule has 2 amide bonds. The molecule has 0 spiro atoms. The second-order valence-corrected chi connectivity index (χ2v) is 6.30. The van der Waals surface area contributed by atoms with E-state index < -0.39 is 0 Å². The number of carbonyl (C=O) groups is 2. The normalized spacial score (nSPS) is 19.3. The molecule has 2 atom stereocenters. The highest BCUT2D eigenvalue weighted by atomic mass is 19.1. The highest BCUT2D eigenvalue weighted by Gasteiger charge is 2.30. The third kappa shape index (κ3) is 3.88. The van der Waals surface area contributed by atoms with Crippen molar-refractivity contribution in [1.82, 2.24) is 30.9 Å². The van der Waals surface area contributed by atoms with Crippen molar-refractivity contribution in [2.24, 2.45) is 0 Å². The van der Waals surface area contributed by atoms with Crippen LogP contribution in [0.3, 0.4) is 0 Å². The van der Waals surface area contributed by atoms with Gasteiger partial charge >= 0.3 is 0 Å². The summed E-state index contributed by atoms with van der Waals surface area (Å²) in [5, 5.41) is 16.7. The predicted octanol–water partition coefficient (Wildman–Crippen LogP) is 0.305. The Bertz CT molecular complexity index is 821. The van der Waals surface area contributed by atoms with Crippen LogP contribution in [0.5, 0.6) is 0 Å². The van der Waals surface area contributed by atoms with Gasteiger partial charge in [0.2, 0.25) is 5.91 Å². The number of likely N-dealkylation sites (N-methyl/N-ethyl adjacent to an activating group) is 1. The smallest absolute Gasteiger partial charge is 0.251 e. The summed E-state index contributed by atoms with van der Waals surface area (Å²) in [6, 6.07) is 4.02. The molecule has 2 aromatic rings. The zero-order chi connectivity index (χ0) is 18.7. The third-order valence-corrected chi connectivity index (χ3v) is 4.45. The molecule has 2 heterocycles. The van der Waals surface area contributed by atoms with Crippen LogP contribution in [0.15, 0.2) is 24.4 Å². The molecule has 1 aromatic carbocycles. The maximum absolute atomic E-state index is 13.3. The molecular weight excluding hydrogens is 339 g/mol. The topological polar surface area (TPSA) is 101 Å². The fraction of sp³-hybridized carbons (Fsp3) is 0.412. The molecule has 3 rings (SSSR count). The van der Waals surface area contributed by atoms with E-state index in [9.17, 15) is 14.0 Å². The molecule has 0 bridgehead atoms. The molecule has 138 valence electrons. The van der Waals surface area contributed by atoms with Crippen LogP contribution in [0.1, 0.15) is 34.1 Å². The number of halogens is 1. The van der Waals surface area contributed by atoms with Gasteiger partial charge in [0.05, 0.1) is 24.8 Å². The van der Waals surface area contributed by atoms with Gasteiger partial charge in [0.1, 0.15) is 11.5 Å². The minimum Gasteiger partial charge on any atom is -0.358 e. The Morgan fingerprint density at radius 3 is 2.96 bits per heavy atom. The summed E-state index contributed by atoms with van der Waals surface area (Å²) >= 11 is 0. The van der Waals surface area contributed by atoms with Gasteiger partial charge in [-0.25, -0.2) is 9.07 Å². The number of nitrogens with one attached hydrogen (secondary N) is 3. The Hall–Kier alpha value is -2.81. The first-order chi connectivity index (χ1) is 12.5. The van der Waals surface area contributed by atoms with Crippen LogP contribution < -0.4 is 16.0 Å². The van der Waals surface area contributed by atoms with Gasteiger partial charge in [-0.05, 0) is 37.1 Å². The van der Waals surface area contributed by atoms with Crippen LogP contribution >= 0.6 is 0 Å². The molecule has 0 radical (unpaired) electrons. The number of benzene rings is 1. The van der Waals surface area contributed by atoms with E-state index in [2.05, 4.69) is 26.3 Å². The van der Waals surface area contributed by atoms with Crippen molar-refractivity contribution >= 4 is 11.8 Å². The summed E-state index contributed by atoms with van der Waals surface area (Å²) in [5.41, 5.74) is 1.42. The van der Waals surface area contributed by atoms with Crippen molar-refractivity contribution in [3.63, 3.8) is 0 Å². The molecule has 0 saturated carbocycles. The van der Waals surface area contributed by atoms with Crippen LogP contribution in [0.2, 0.25) is 0 Å². The molecule has 9 heteroatoms. The van der Waals surface area contributed by atoms with Crippen molar-refractivity contribution in [2.75, 3.05) is 13.6 Å². The second-order valence-electron chi connectivity index (χ2n) is 6.30. The standard InChI is InChI=1S/C17H21FN6O2/c1-10-5-11(3-4-14(10)18)16(25)21-7-12-9-24(23-22-12)13-6-15(20-8-13)17(26)19-2/h3-5,9,13,15,20H,6-8H2,1-2H3,(H,19,26)(H,21,25)/t13-,15-/m0/s1. The van der Waals surface area contributed by atoms with E-state index in [0.29, 0.717) is 29.8 Å². The fourth-order valence-corrected chi connectivity index (χ4v) is 2.92. The van der Waals surface area contributed by atoms with Crippen LogP contribution in [-0.4, -0.2) is 46.4 Å². The molecule has 1 aliphatic heterocycles. The molecule has 8 nitrogen and oxygen atoms in total. The molecular formula is C17H21FN6O2. The lowest BCUT2D eigenvalue weighted by Crippen LogP contribution is -2.38. The van der Waals surface area contributed by atoms with Crippen molar-refractivity contribution in [2.45, 2.75) is 32.0 Å². The van der Waals surface area contributed by atoms with Crippen LogP contribution in [-0.2, 0) is 11.3 Å². The maximum Gasteiger partial charge on any atom is 0.251 e. The fourth-order valence-electron chi connectivity index (χ4n) is 2.92. The van der Waals surface area contributed by atoms with E-state index >= 15 is 0 Å². The van der Waals surface area contributed by atoms with Crippen LogP contribution in [0.4, 0.5) is 4.39 Å². The van der Waals surface area contributed by atoms with Gasteiger partial charge in [0.15, 0.2) is 0 Å². The number of aryl methyl sites for hydroxylation is 1. The van der Waals surface area contributed by atoms with Gasteiger partial charge in [0, 0.05) is 19.2 Å². The van der Waals surface area contributed by atoms with Gasteiger partial charge in [-0.15, -0.1) is 5.10 Å². The lowest BCUT2D eigenvalue weighted by atomic mass is 10.1. The lowest BCUT2D eigenvalue weighted by molar-refractivity contribution is -0.122. The number of aromatic nitrogens is 3. The SMILES string of the molecule is CNC(=O)[C@@H]1C[C@H](n2cc(CNC(=O)c3ccc(F)c(C)c3)nn2)CN1. The van der Waals surface area contributed by atoms with Crippen molar-refractivity contribution in [3.05, 3.63) is 47.0 Å². The second kappa shape index (κ2) is 7.61. The van der Waals surface area contributed by atoms with E-state index in [1.807, 2.05) is 0 Å². The molecule has 1 saturated heterocycles. The van der Waals surface area contributed by atoms with Crippen LogP contribution in [0.25, 0.3) is 0 Å². The first kappa shape index (κ1) is 18.0. The summed E-state index contributed by atoms with van der Waals surface area (Å²) in [4.78, 5) is 23.8. The third-order valence-electron chi connectivity index (χ3n) is 4.45. The Kier molecular flexibility index (Phi) is 5.27. The van der Waals surface area contributed by atoms with E-state index in [1.54, 1.807) is 24.9 Å². The van der Waals surface area contributed by atoms with E-state index in [0.717, 1.165) is 0 Å². The zero-order valence-corrected chi connectivity index (χ0v) is 14.6. The number of hydrogen-bond acceptors (Lipinski definition) is 5. The molecule has 3 N–H and O–H groups in total. The number of rotatable bonds is 5. The molecule has 1 aliphatic rings. The summed E-state index contributed by atoms with van der Waals surface area (Å²) < 4.78 is 15.0. The van der Waals surface area contributed by atoms with Crippen molar-refractivity contribution < 1.29 is 14.0 Å². The Balaban J connectivity index is 1.56. The number of amides is 2. The molecule has 0 aliphatic carbocycles. The van der Waals surface area contributed by atoms with E-state index in [1.165, 1.54) is 18.2 Å². The quantitative estimate of drug-likeness (QED) is 0.712. The van der Waals surface area contributed by atoms with Gasteiger partial charge in [0.25, 0.3) is 5.91 Å². The van der Waals surface area contributed by atoms with Gasteiger partial charge in [-0.2, -0.15) is 0 Å². The molecule has 1 fully saturated rings. The Labute approximate surface area is 150 Å². The Morgan fingerprint density at radius 2 is 2.23 bits per heavy atom. The molecule has 1 aromatic heterocycles. The zero-order valence-electron chi connectivity index (χ0n) is 14.6. The average Bonchev–Trinajstić information content (AvgIpc) is 3.30. The van der Waals surface area contributed by atoms with E-state index in [4.69, 9.17) is 0 Å². The minimum atomic E-state index is -0.343. The average molecular weight is 360 g/mol. The van der Waals surface area contributed by atoms with Crippen molar-refractivity contribution in [1.29, 1.82) is 0 Å². The predicted molar refractivity (Wildman–Crippen MR) is 91.8 cm³/mol. The molecule has 0 unspecified atom stereocenters. The first-order valence-electron chi connectivity index (χ1n) is 8.38. The number of hydrogen-bond donors (Lipinski definition) is 3. The van der Waals surface area contributed by atoms with Gasteiger partial charge < -0.3 is 16.0 Å². The molecule has 26 heavy (non-hydrogen) atoms. The van der Waals surface area contributed by atoms with Crippen LogP contribution in [0, 0.1) is 12.7 Å². The summed E-state index contributed by atoms with van der Waals surface area (Å²) in [6.07, 6.45) is 2.39. The highest BCUT2D eigenvalue weighted by Crippen LogP contribution is 2.19. The summed E-state index contributed by atoms with van der Waals surface area (Å²) in [5.74, 6) is -0.690. The van der Waals surface area contributed by atoms with Gasteiger partial charge in [-0.3, -0.25) is 9.59 Å². The first-order valence-corrected chi connectivity index (χ1v) is 8.38. The number of nitrogens with zero attached hydrogens (tertiary/aromatic N) is 3. The van der Waals surface area contributed by atoms with Gasteiger partial charge in [-0.1, -0.05) is 5.21 Å². The van der Waals surface area contributed by atoms with E-state index in [-0.39, 0.29) is 36.3 Å². The highest BCUT2D eigenvalue weighted by molar-refractivity contribution is 5.94. The number of carbonyl (C=O) groups excluding carboxylic acids is 2. The van der Waals surface area contributed by atoms with Crippen molar-refractivity contribution in [3.8, 4) is 0 Å². The summed E-state index contributed by atoms with van der Waals surface area (Å²) in [6.45, 7) is 2.45. The monoisotopic (exact) mass is 360 g/mol. The Morgan fingerprint density at radius 1 is 1.42 bits per heavy atom. The summed E-state index contributed by atoms with van der Waals surface area (Å²) in [7, 11) is 1.61. The minimum absolute atomic E-state index is 0.0361. The largest absolute Gasteiger partial charge is 0.358 e. The lowest BCUT2D eigenvalue weighted by Gasteiger charge is -2.09.